The topological polar surface area (TPSA) is 47.3 Å². The van der Waals surface area contributed by atoms with Crippen LogP contribution in [0.2, 0.25) is 0 Å². The van der Waals surface area contributed by atoms with Crippen LogP contribution < -0.4 is 4.74 Å². The number of aliphatic hydroxyl groups excluding tert-OH is 1. The quantitative estimate of drug-likeness (QED) is 0.930. The molecule has 1 aliphatic carbocycles. The van der Waals surface area contributed by atoms with Crippen LogP contribution in [0.1, 0.15) is 42.0 Å². The summed E-state index contributed by atoms with van der Waals surface area (Å²) in [7, 11) is 1.94. The van der Waals surface area contributed by atoms with Crippen molar-refractivity contribution in [2.45, 2.75) is 38.9 Å². The highest BCUT2D eigenvalue weighted by Crippen LogP contribution is 2.36. The molecule has 2 aromatic rings. The molecule has 4 nitrogen and oxygen atoms in total. The van der Waals surface area contributed by atoms with Crippen LogP contribution in [0.3, 0.4) is 0 Å². The Kier molecular flexibility index (Phi) is 3.49. The van der Waals surface area contributed by atoms with Gasteiger partial charge in [-0.2, -0.15) is 5.10 Å². The molecule has 0 spiro atoms. The zero-order valence-corrected chi connectivity index (χ0v) is 12.0. The van der Waals surface area contributed by atoms with Gasteiger partial charge in [-0.15, -0.1) is 0 Å². The van der Waals surface area contributed by atoms with Crippen LogP contribution >= 0.6 is 0 Å². The fourth-order valence-electron chi connectivity index (χ4n) is 2.77. The van der Waals surface area contributed by atoms with Gasteiger partial charge in [-0.3, -0.25) is 4.68 Å². The van der Waals surface area contributed by atoms with Crippen molar-refractivity contribution in [2.75, 3.05) is 0 Å². The third-order valence-electron chi connectivity index (χ3n) is 3.96. The predicted molar refractivity (Wildman–Crippen MR) is 76.6 cm³/mol. The summed E-state index contributed by atoms with van der Waals surface area (Å²) in [6, 6.07) is 7.99. The molecule has 1 N–H and O–H groups in total. The standard InChI is InChI=1S/C16H20N2O2/c1-3-11-9-12(18(2)17-11)10-20-16-6-4-5-13-14(16)7-8-15(13)19/h4-6,9,15,19H,3,7-8,10H2,1-2H3. The Labute approximate surface area is 119 Å². The minimum atomic E-state index is -0.336. The highest BCUT2D eigenvalue weighted by Gasteiger charge is 2.23. The molecule has 0 saturated heterocycles. The summed E-state index contributed by atoms with van der Waals surface area (Å²) in [6.07, 6.45) is 2.28. The molecular formula is C16H20N2O2. The number of benzene rings is 1. The van der Waals surface area contributed by atoms with Gasteiger partial charge in [0.15, 0.2) is 0 Å². The predicted octanol–water partition coefficient (Wildman–Crippen LogP) is 2.54. The Morgan fingerprint density at radius 3 is 3.05 bits per heavy atom. The highest BCUT2D eigenvalue weighted by atomic mass is 16.5. The van der Waals surface area contributed by atoms with Gasteiger partial charge in [-0.1, -0.05) is 19.1 Å². The molecule has 3 rings (SSSR count). The van der Waals surface area contributed by atoms with E-state index in [1.165, 1.54) is 0 Å². The molecule has 1 aliphatic rings. The van der Waals surface area contributed by atoms with Gasteiger partial charge in [0, 0.05) is 12.6 Å². The first kappa shape index (κ1) is 13.2. The van der Waals surface area contributed by atoms with Crippen LogP contribution in [0.25, 0.3) is 0 Å². The van der Waals surface area contributed by atoms with E-state index >= 15 is 0 Å². The molecule has 1 aromatic carbocycles. The number of nitrogens with zero attached hydrogens (tertiary/aromatic N) is 2. The van der Waals surface area contributed by atoms with E-state index in [2.05, 4.69) is 18.1 Å². The fraction of sp³-hybridized carbons (Fsp3) is 0.438. The van der Waals surface area contributed by atoms with E-state index in [-0.39, 0.29) is 6.10 Å². The van der Waals surface area contributed by atoms with Crippen molar-refractivity contribution in [3.63, 3.8) is 0 Å². The second-order valence-electron chi connectivity index (χ2n) is 5.27. The fourth-order valence-corrected chi connectivity index (χ4v) is 2.77. The van der Waals surface area contributed by atoms with E-state index in [0.29, 0.717) is 6.61 Å². The number of aromatic nitrogens is 2. The Morgan fingerprint density at radius 2 is 2.30 bits per heavy atom. The number of aryl methyl sites for hydroxylation is 2. The van der Waals surface area contributed by atoms with Crippen LogP contribution in [0.5, 0.6) is 5.75 Å². The minimum Gasteiger partial charge on any atom is -0.487 e. The van der Waals surface area contributed by atoms with Gasteiger partial charge < -0.3 is 9.84 Å². The molecule has 1 heterocycles. The summed E-state index contributed by atoms with van der Waals surface area (Å²) in [6.45, 7) is 2.61. The monoisotopic (exact) mass is 272 g/mol. The van der Waals surface area contributed by atoms with Gasteiger partial charge in [0.2, 0.25) is 0 Å². The van der Waals surface area contributed by atoms with Crippen molar-refractivity contribution in [2.24, 2.45) is 7.05 Å². The molecule has 1 unspecified atom stereocenters. The summed E-state index contributed by atoms with van der Waals surface area (Å²) in [5.74, 6) is 0.887. The Morgan fingerprint density at radius 1 is 1.45 bits per heavy atom. The molecule has 1 atom stereocenters. The summed E-state index contributed by atoms with van der Waals surface area (Å²) in [5, 5.41) is 14.3. The van der Waals surface area contributed by atoms with Crippen LogP contribution in [-0.2, 0) is 26.5 Å². The molecule has 0 radical (unpaired) electrons. The van der Waals surface area contributed by atoms with Gasteiger partial charge in [-0.25, -0.2) is 0 Å². The van der Waals surface area contributed by atoms with E-state index in [1.807, 2.05) is 29.9 Å². The smallest absolute Gasteiger partial charge is 0.130 e. The van der Waals surface area contributed by atoms with E-state index in [1.54, 1.807) is 0 Å². The van der Waals surface area contributed by atoms with E-state index in [0.717, 1.165) is 47.5 Å². The number of rotatable bonds is 4. The summed E-state index contributed by atoms with van der Waals surface area (Å²) in [5.41, 5.74) is 4.32. The second-order valence-corrected chi connectivity index (χ2v) is 5.27. The van der Waals surface area contributed by atoms with Crippen LogP contribution in [0.4, 0.5) is 0 Å². The van der Waals surface area contributed by atoms with Gasteiger partial charge in [0.05, 0.1) is 17.5 Å². The Bertz CT molecular complexity index is 619. The lowest BCUT2D eigenvalue weighted by molar-refractivity contribution is 0.180. The van der Waals surface area contributed by atoms with Crippen LogP contribution in [-0.4, -0.2) is 14.9 Å². The zero-order valence-electron chi connectivity index (χ0n) is 12.0. The normalized spacial score (nSPS) is 17.2. The number of aliphatic hydroxyl groups is 1. The third kappa shape index (κ3) is 2.31. The van der Waals surface area contributed by atoms with Crippen LogP contribution in [0.15, 0.2) is 24.3 Å². The van der Waals surface area contributed by atoms with Gasteiger partial charge in [0.1, 0.15) is 12.4 Å². The lowest BCUT2D eigenvalue weighted by atomic mass is 10.1. The van der Waals surface area contributed by atoms with Crippen molar-refractivity contribution in [3.05, 3.63) is 46.8 Å². The Hall–Kier alpha value is -1.81. The number of ether oxygens (including phenoxy) is 1. The van der Waals surface area contributed by atoms with Crippen molar-refractivity contribution in [1.82, 2.24) is 9.78 Å². The Balaban J connectivity index is 1.77. The maximum atomic E-state index is 9.90. The van der Waals surface area contributed by atoms with Crippen molar-refractivity contribution in [1.29, 1.82) is 0 Å². The molecule has 0 bridgehead atoms. The van der Waals surface area contributed by atoms with Crippen molar-refractivity contribution >= 4 is 0 Å². The van der Waals surface area contributed by atoms with Gasteiger partial charge in [0.25, 0.3) is 0 Å². The molecule has 4 heteroatoms. The summed E-state index contributed by atoms with van der Waals surface area (Å²) >= 11 is 0. The molecule has 20 heavy (non-hydrogen) atoms. The number of fused-ring (bicyclic) bond motifs is 1. The van der Waals surface area contributed by atoms with E-state index in [9.17, 15) is 5.11 Å². The average Bonchev–Trinajstić information content (AvgIpc) is 3.01. The van der Waals surface area contributed by atoms with Gasteiger partial charge >= 0.3 is 0 Å². The lowest BCUT2D eigenvalue weighted by Crippen LogP contribution is -2.04. The minimum absolute atomic E-state index is 0.336. The number of hydrogen-bond donors (Lipinski definition) is 1. The third-order valence-corrected chi connectivity index (χ3v) is 3.96. The lowest BCUT2D eigenvalue weighted by Gasteiger charge is -2.11. The maximum absolute atomic E-state index is 9.90. The molecule has 0 saturated carbocycles. The van der Waals surface area contributed by atoms with Gasteiger partial charge in [-0.05, 0) is 37.0 Å². The average molecular weight is 272 g/mol. The summed E-state index contributed by atoms with van der Waals surface area (Å²) < 4.78 is 7.82. The molecular weight excluding hydrogens is 252 g/mol. The molecule has 1 aromatic heterocycles. The molecule has 106 valence electrons. The summed E-state index contributed by atoms with van der Waals surface area (Å²) in [4.78, 5) is 0. The second kappa shape index (κ2) is 5.29. The number of hydrogen-bond acceptors (Lipinski definition) is 3. The first-order valence-electron chi connectivity index (χ1n) is 7.13. The maximum Gasteiger partial charge on any atom is 0.130 e. The van der Waals surface area contributed by atoms with Crippen molar-refractivity contribution in [3.8, 4) is 5.75 Å². The largest absolute Gasteiger partial charge is 0.487 e. The van der Waals surface area contributed by atoms with Crippen molar-refractivity contribution < 1.29 is 9.84 Å². The highest BCUT2D eigenvalue weighted by molar-refractivity contribution is 5.44. The SMILES string of the molecule is CCc1cc(COc2cccc3c2CCC3O)n(C)n1. The first-order valence-corrected chi connectivity index (χ1v) is 7.13. The van der Waals surface area contributed by atoms with E-state index < -0.39 is 0 Å². The molecule has 0 amide bonds. The zero-order chi connectivity index (χ0) is 14.1. The first-order chi connectivity index (χ1) is 9.69. The molecule has 0 aliphatic heterocycles. The molecule has 0 fully saturated rings. The van der Waals surface area contributed by atoms with E-state index in [4.69, 9.17) is 4.74 Å². The van der Waals surface area contributed by atoms with Crippen LogP contribution in [0, 0.1) is 0 Å².